The van der Waals surface area contributed by atoms with E-state index < -0.39 is 0 Å². The molecule has 0 aliphatic heterocycles. The molecule has 0 heterocycles. The topological polar surface area (TPSA) is 12.0 Å². The van der Waals surface area contributed by atoms with Crippen LogP contribution in [0.25, 0.3) is 0 Å². The van der Waals surface area contributed by atoms with E-state index in [-0.39, 0.29) is 5.82 Å². The third-order valence-corrected chi connectivity index (χ3v) is 4.35. The molecule has 0 radical (unpaired) electrons. The van der Waals surface area contributed by atoms with Crippen molar-refractivity contribution in [1.29, 1.82) is 0 Å². The van der Waals surface area contributed by atoms with Crippen LogP contribution in [0.3, 0.4) is 0 Å². The summed E-state index contributed by atoms with van der Waals surface area (Å²) in [5, 5.41) is 3.40. The molecule has 1 aliphatic carbocycles. The van der Waals surface area contributed by atoms with Gasteiger partial charge in [-0.25, -0.2) is 4.39 Å². The van der Waals surface area contributed by atoms with Crippen LogP contribution < -0.4 is 5.32 Å². The van der Waals surface area contributed by atoms with Gasteiger partial charge in [0.1, 0.15) is 5.82 Å². The van der Waals surface area contributed by atoms with Gasteiger partial charge in [0.2, 0.25) is 0 Å². The van der Waals surface area contributed by atoms with Crippen molar-refractivity contribution in [2.24, 2.45) is 5.92 Å². The third kappa shape index (κ3) is 4.06. The van der Waals surface area contributed by atoms with Crippen molar-refractivity contribution < 1.29 is 4.39 Å². The zero-order valence-corrected chi connectivity index (χ0v) is 12.5. The number of halogens is 2. The van der Waals surface area contributed by atoms with Gasteiger partial charge in [0, 0.05) is 10.5 Å². The summed E-state index contributed by atoms with van der Waals surface area (Å²) in [7, 11) is 2.05. The molecule has 0 bridgehead atoms. The minimum Gasteiger partial charge on any atom is -0.317 e. The maximum absolute atomic E-state index is 13.4. The highest BCUT2D eigenvalue weighted by molar-refractivity contribution is 9.10. The molecule has 1 aromatic carbocycles. The zero-order chi connectivity index (χ0) is 13.0. The Hall–Kier alpha value is -0.410. The van der Waals surface area contributed by atoms with Crippen LogP contribution in [-0.4, -0.2) is 13.1 Å². The Labute approximate surface area is 117 Å². The molecule has 3 heteroatoms. The first-order chi connectivity index (χ1) is 8.67. The SMILES string of the molecule is CNC1CCCCC(Cc2cc(F)cc(Br)c2)C1. The van der Waals surface area contributed by atoms with E-state index in [1.807, 2.05) is 13.1 Å². The summed E-state index contributed by atoms with van der Waals surface area (Å²) in [5.74, 6) is 0.539. The van der Waals surface area contributed by atoms with Crippen molar-refractivity contribution in [3.05, 3.63) is 34.1 Å². The van der Waals surface area contributed by atoms with E-state index in [2.05, 4.69) is 21.2 Å². The average Bonchev–Trinajstić information content (AvgIpc) is 2.52. The lowest BCUT2D eigenvalue weighted by Crippen LogP contribution is -2.26. The molecule has 0 amide bonds. The van der Waals surface area contributed by atoms with E-state index in [0.717, 1.165) is 16.5 Å². The normalized spacial score (nSPS) is 24.8. The summed E-state index contributed by atoms with van der Waals surface area (Å²) in [4.78, 5) is 0. The predicted octanol–water partition coefficient (Wildman–Crippen LogP) is 4.30. The van der Waals surface area contributed by atoms with E-state index in [0.29, 0.717) is 12.0 Å². The Morgan fingerprint density at radius 3 is 2.78 bits per heavy atom. The van der Waals surface area contributed by atoms with Crippen molar-refractivity contribution in [2.45, 2.75) is 44.6 Å². The number of rotatable bonds is 3. The molecule has 1 saturated carbocycles. The summed E-state index contributed by atoms with van der Waals surface area (Å²) in [6.45, 7) is 0. The summed E-state index contributed by atoms with van der Waals surface area (Å²) in [6.07, 6.45) is 7.37. The van der Waals surface area contributed by atoms with Crippen LogP contribution in [0, 0.1) is 11.7 Å². The Morgan fingerprint density at radius 1 is 1.28 bits per heavy atom. The summed E-state index contributed by atoms with van der Waals surface area (Å²) in [5.41, 5.74) is 1.11. The maximum Gasteiger partial charge on any atom is 0.124 e. The summed E-state index contributed by atoms with van der Waals surface area (Å²) < 4.78 is 14.2. The van der Waals surface area contributed by atoms with Crippen LogP contribution in [0.5, 0.6) is 0 Å². The second-order valence-electron chi connectivity index (χ2n) is 5.35. The van der Waals surface area contributed by atoms with Crippen molar-refractivity contribution in [1.82, 2.24) is 5.32 Å². The largest absolute Gasteiger partial charge is 0.317 e. The van der Waals surface area contributed by atoms with Crippen LogP contribution in [0.15, 0.2) is 22.7 Å². The zero-order valence-electron chi connectivity index (χ0n) is 10.9. The van der Waals surface area contributed by atoms with Crippen molar-refractivity contribution in [2.75, 3.05) is 7.05 Å². The van der Waals surface area contributed by atoms with Gasteiger partial charge in [-0.15, -0.1) is 0 Å². The van der Waals surface area contributed by atoms with Crippen molar-refractivity contribution in [3.8, 4) is 0 Å². The van der Waals surface area contributed by atoms with Crippen molar-refractivity contribution >= 4 is 15.9 Å². The van der Waals surface area contributed by atoms with Gasteiger partial charge >= 0.3 is 0 Å². The molecule has 1 nitrogen and oxygen atoms in total. The Bertz CT molecular complexity index is 374. The van der Waals surface area contributed by atoms with Gasteiger partial charge in [-0.2, -0.15) is 0 Å². The van der Waals surface area contributed by atoms with Gasteiger partial charge in [-0.3, -0.25) is 0 Å². The molecule has 1 fully saturated rings. The first-order valence-electron chi connectivity index (χ1n) is 6.79. The van der Waals surface area contributed by atoms with Gasteiger partial charge in [-0.05, 0) is 56.0 Å². The van der Waals surface area contributed by atoms with E-state index in [4.69, 9.17) is 0 Å². The molecule has 18 heavy (non-hydrogen) atoms. The smallest absolute Gasteiger partial charge is 0.124 e. The van der Waals surface area contributed by atoms with E-state index in [1.54, 1.807) is 6.07 Å². The van der Waals surface area contributed by atoms with E-state index in [9.17, 15) is 4.39 Å². The lowest BCUT2D eigenvalue weighted by molar-refractivity contribution is 0.400. The standard InChI is InChI=1S/C15H21BrFN/c1-18-15-5-3-2-4-11(9-15)6-12-7-13(16)10-14(17)8-12/h7-8,10-11,15,18H,2-6,9H2,1H3. The monoisotopic (exact) mass is 313 g/mol. The fourth-order valence-electron chi connectivity index (χ4n) is 2.97. The van der Waals surface area contributed by atoms with Gasteiger partial charge < -0.3 is 5.32 Å². The second kappa shape index (κ2) is 6.67. The Kier molecular flexibility index (Phi) is 5.19. The van der Waals surface area contributed by atoms with Gasteiger partial charge in [-0.1, -0.05) is 35.2 Å². The Balaban J connectivity index is 2.02. The molecule has 1 aromatic rings. The molecule has 2 rings (SSSR count). The first-order valence-corrected chi connectivity index (χ1v) is 7.59. The number of benzene rings is 1. The van der Waals surface area contributed by atoms with Crippen LogP contribution in [0.1, 0.15) is 37.7 Å². The fraction of sp³-hybridized carbons (Fsp3) is 0.600. The minimum absolute atomic E-state index is 0.141. The highest BCUT2D eigenvalue weighted by Crippen LogP contribution is 2.27. The van der Waals surface area contributed by atoms with Gasteiger partial charge in [0.15, 0.2) is 0 Å². The minimum atomic E-state index is -0.141. The molecular weight excluding hydrogens is 293 g/mol. The molecule has 1 N–H and O–H groups in total. The predicted molar refractivity (Wildman–Crippen MR) is 77.2 cm³/mol. The molecule has 100 valence electrons. The quantitative estimate of drug-likeness (QED) is 0.820. The molecule has 1 aliphatic rings. The van der Waals surface area contributed by atoms with Crippen LogP contribution in [0.4, 0.5) is 4.39 Å². The summed E-state index contributed by atoms with van der Waals surface area (Å²) >= 11 is 3.37. The van der Waals surface area contributed by atoms with Gasteiger partial charge in [0.05, 0.1) is 0 Å². The fourth-order valence-corrected chi connectivity index (χ4v) is 3.48. The second-order valence-corrected chi connectivity index (χ2v) is 6.27. The van der Waals surface area contributed by atoms with Crippen LogP contribution >= 0.6 is 15.9 Å². The number of hydrogen-bond donors (Lipinski definition) is 1. The van der Waals surface area contributed by atoms with Crippen LogP contribution in [0.2, 0.25) is 0 Å². The van der Waals surface area contributed by atoms with E-state index >= 15 is 0 Å². The Morgan fingerprint density at radius 2 is 2.06 bits per heavy atom. The molecule has 0 spiro atoms. The maximum atomic E-state index is 13.4. The molecule has 2 unspecified atom stereocenters. The highest BCUT2D eigenvalue weighted by Gasteiger charge is 2.19. The lowest BCUT2D eigenvalue weighted by atomic mass is 9.91. The number of hydrogen-bond acceptors (Lipinski definition) is 1. The molecular formula is C15H21BrFN. The first kappa shape index (κ1) is 14.0. The summed E-state index contributed by atoms with van der Waals surface area (Å²) in [6, 6.07) is 5.87. The highest BCUT2D eigenvalue weighted by atomic mass is 79.9. The van der Waals surface area contributed by atoms with Gasteiger partial charge in [0.25, 0.3) is 0 Å². The van der Waals surface area contributed by atoms with E-state index in [1.165, 1.54) is 38.2 Å². The third-order valence-electron chi connectivity index (χ3n) is 3.89. The average molecular weight is 314 g/mol. The molecule has 0 saturated heterocycles. The molecule has 2 atom stereocenters. The van der Waals surface area contributed by atoms with Crippen LogP contribution in [-0.2, 0) is 6.42 Å². The number of nitrogens with one attached hydrogen (secondary N) is 1. The lowest BCUT2D eigenvalue weighted by Gasteiger charge is -2.19. The molecule has 0 aromatic heterocycles. The van der Waals surface area contributed by atoms with Crippen molar-refractivity contribution in [3.63, 3.8) is 0 Å².